The predicted molar refractivity (Wildman–Crippen MR) is 401 cm³/mol. The molecule has 0 spiro atoms. The number of fused-ring (bicyclic) bond motifs is 13. The molecule has 0 aliphatic heterocycles. The van der Waals surface area contributed by atoms with E-state index in [9.17, 15) is 0 Å². The summed E-state index contributed by atoms with van der Waals surface area (Å²) in [6.45, 7) is 19.0. The number of hydrogen-bond acceptors (Lipinski definition) is 8. The lowest BCUT2D eigenvalue weighted by atomic mass is 9.55. The molecule has 0 atom stereocenters. The number of furan rings is 2. The van der Waals surface area contributed by atoms with E-state index in [2.05, 4.69) is 201 Å². The summed E-state index contributed by atoms with van der Waals surface area (Å²) in [6, 6.07) is 97.3. The maximum atomic E-state index is 6.61. The quantitative estimate of drug-likeness (QED) is 0.148. The van der Waals surface area contributed by atoms with Crippen molar-refractivity contribution < 1.29 is 8.83 Å². The van der Waals surface area contributed by atoms with Gasteiger partial charge in [0.15, 0.2) is 34.9 Å². The molecule has 0 amide bonds. The first-order chi connectivity index (χ1) is 47.6. The van der Waals surface area contributed by atoms with Crippen molar-refractivity contribution in [3.63, 3.8) is 0 Å². The van der Waals surface area contributed by atoms with Gasteiger partial charge in [0.25, 0.3) is 0 Å². The zero-order chi connectivity index (χ0) is 66.7. The van der Waals surface area contributed by atoms with Crippen LogP contribution in [0.15, 0.2) is 288 Å². The number of nitrogens with zero attached hydrogens (tertiary/aromatic N) is 6. The molecule has 2 aliphatic rings. The Morgan fingerprint density at radius 2 is 0.571 bits per heavy atom. The van der Waals surface area contributed by atoms with E-state index < -0.39 is 0 Å². The smallest absolute Gasteiger partial charge is 0.164 e. The minimum absolute atomic E-state index is 0.115. The van der Waals surface area contributed by atoms with Gasteiger partial charge in [-0.2, -0.15) is 0 Å². The third-order valence-electron chi connectivity index (χ3n) is 21.8. The fourth-order valence-electron chi connectivity index (χ4n) is 14.9. The fourth-order valence-corrected chi connectivity index (χ4v) is 14.9. The molecule has 4 heterocycles. The maximum absolute atomic E-state index is 6.61. The Kier molecular flexibility index (Phi) is 14.1. The van der Waals surface area contributed by atoms with E-state index in [0.29, 0.717) is 34.9 Å². The van der Waals surface area contributed by atoms with Crippen LogP contribution in [0.2, 0.25) is 0 Å². The number of rotatable bonds is 8. The van der Waals surface area contributed by atoms with Gasteiger partial charge in [-0.05, 0) is 125 Å². The van der Waals surface area contributed by atoms with Crippen molar-refractivity contribution in [1.82, 2.24) is 29.9 Å². The van der Waals surface area contributed by atoms with Gasteiger partial charge in [-0.25, -0.2) is 29.9 Å². The van der Waals surface area contributed by atoms with Crippen molar-refractivity contribution in [2.45, 2.75) is 77.0 Å². The van der Waals surface area contributed by atoms with Crippen LogP contribution < -0.4 is 0 Å². The Bertz CT molecular complexity index is 5680. The summed E-state index contributed by atoms with van der Waals surface area (Å²) in [5.41, 5.74) is 23.9. The molecule has 0 bridgehead atoms. The maximum Gasteiger partial charge on any atom is 0.164 e. The molecule has 4 aromatic heterocycles. The highest BCUT2D eigenvalue weighted by atomic mass is 16.3. The lowest BCUT2D eigenvalue weighted by molar-refractivity contribution is 0.299. The molecule has 98 heavy (non-hydrogen) atoms. The SMILES string of the molecule is CC1(C)c2cc(-c3ccc(-c4nc(-c5ccccc5)nc(-c5ccccc5)n4)cc3)ccc2-c2cc3oc4ccccc4c3cc2C1(C)C.CC1(C)c2cc(-c3cccc(-c4nc(-c5ccccc5)nc(-c5ccccc5)n4)c3)ccc2-c2c(ccc3c2oc2ccccc23)C1(C)C. The van der Waals surface area contributed by atoms with E-state index in [4.69, 9.17) is 38.7 Å². The highest BCUT2D eigenvalue weighted by molar-refractivity contribution is 6.11. The molecule has 2 aliphatic carbocycles. The zero-order valence-electron chi connectivity index (χ0n) is 56.1. The van der Waals surface area contributed by atoms with Gasteiger partial charge in [0.1, 0.15) is 22.3 Å². The summed E-state index contributed by atoms with van der Waals surface area (Å²) in [5, 5.41) is 4.67. The number of hydrogen-bond donors (Lipinski definition) is 0. The van der Waals surface area contributed by atoms with E-state index in [-0.39, 0.29) is 21.7 Å². The molecule has 16 aromatic rings. The number of para-hydroxylation sites is 2. The standard InChI is InChI=1S/2C45H35N3O/c1-44(2)36-25-24-34-33-20-11-12-21-38(33)49-40(34)39(36)35-23-22-31(27-37(35)45(44,3)4)30-18-13-19-32(26-30)43-47-41(28-14-7-5-8-15-28)46-42(48-43)29-16-9-6-10-17-29;1-44(2)37-25-32(23-24-33(37)35-27-40-36(26-38(35)45(44,3)4)34-17-11-12-18-39(34)49-40)28-19-21-31(22-20-28)43-47-41(29-13-7-5-8-14-29)46-42(48-43)30-15-9-6-10-16-30/h2*5-27H,1-4H3. The van der Waals surface area contributed by atoms with Crippen molar-refractivity contribution in [3.8, 4) is 113 Å². The Morgan fingerprint density at radius 1 is 0.214 bits per heavy atom. The average molecular weight is 1270 g/mol. The summed E-state index contributed by atoms with van der Waals surface area (Å²) in [7, 11) is 0. The van der Waals surface area contributed by atoms with Crippen molar-refractivity contribution in [2.24, 2.45) is 0 Å². The Balaban J connectivity index is 0.000000147. The minimum atomic E-state index is -0.147. The van der Waals surface area contributed by atoms with Gasteiger partial charge in [-0.15, -0.1) is 0 Å². The Labute approximate surface area is 570 Å². The first-order valence-corrected chi connectivity index (χ1v) is 33.7. The van der Waals surface area contributed by atoms with Gasteiger partial charge in [-0.3, -0.25) is 0 Å². The normalized spacial score (nSPS) is 14.4. The largest absolute Gasteiger partial charge is 0.456 e. The fraction of sp³-hybridized carbons (Fsp3) is 0.133. The van der Waals surface area contributed by atoms with Crippen LogP contribution >= 0.6 is 0 Å². The van der Waals surface area contributed by atoms with Crippen molar-refractivity contribution in [1.29, 1.82) is 0 Å². The lowest BCUT2D eigenvalue weighted by Crippen LogP contribution is -2.43. The van der Waals surface area contributed by atoms with Crippen LogP contribution in [0, 0.1) is 0 Å². The highest BCUT2D eigenvalue weighted by Gasteiger charge is 2.48. The van der Waals surface area contributed by atoms with E-state index >= 15 is 0 Å². The molecule has 12 aromatic carbocycles. The molecule has 8 nitrogen and oxygen atoms in total. The average Bonchev–Trinajstić information content (AvgIpc) is 0.867. The highest BCUT2D eigenvalue weighted by Crippen LogP contribution is 2.58. The lowest BCUT2D eigenvalue weighted by Gasteiger charge is -2.48. The van der Waals surface area contributed by atoms with Crippen LogP contribution in [0.3, 0.4) is 0 Å². The Morgan fingerprint density at radius 3 is 1.09 bits per heavy atom. The molecule has 18 rings (SSSR count). The third kappa shape index (κ3) is 9.87. The predicted octanol–water partition coefficient (Wildman–Crippen LogP) is 23.3. The van der Waals surface area contributed by atoms with E-state index in [0.717, 1.165) is 83.2 Å². The molecule has 0 radical (unpaired) electrons. The zero-order valence-corrected chi connectivity index (χ0v) is 56.1. The second kappa shape index (κ2) is 23.0. The molecule has 0 saturated heterocycles. The van der Waals surface area contributed by atoms with Crippen LogP contribution in [0.5, 0.6) is 0 Å². The number of aromatic nitrogens is 6. The van der Waals surface area contributed by atoms with Crippen LogP contribution in [0.4, 0.5) is 0 Å². The Hall–Kier alpha value is -11.7. The summed E-state index contributed by atoms with van der Waals surface area (Å²) < 4.78 is 13.0. The summed E-state index contributed by atoms with van der Waals surface area (Å²) >= 11 is 0. The van der Waals surface area contributed by atoms with Crippen LogP contribution in [-0.4, -0.2) is 29.9 Å². The monoisotopic (exact) mass is 1270 g/mol. The molecular weight excluding hydrogens is 1200 g/mol. The van der Waals surface area contributed by atoms with Crippen molar-refractivity contribution in [3.05, 3.63) is 301 Å². The van der Waals surface area contributed by atoms with Crippen LogP contribution in [0.1, 0.15) is 77.6 Å². The first-order valence-electron chi connectivity index (χ1n) is 33.7. The molecule has 0 N–H and O–H groups in total. The molecule has 0 fully saturated rings. The van der Waals surface area contributed by atoms with Gasteiger partial charge in [0.05, 0.1) is 0 Å². The van der Waals surface area contributed by atoms with Gasteiger partial charge < -0.3 is 8.83 Å². The molecule has 0 unspecified atom stereocenters. The van der Waals surface area contributed by atoms with Gasteiger partial charge in [0, 0.05) is 60.5 Å². The van der Waals surface area contributed by atoms with E-state index in [1.165, 1.54) is 60.8 Å². The third-order valence-corrected chi connectivity index (χ3v) is 21.8. The van der Waals surface area contributed by atoms with Crippen molar-refractivity contribution >= 4 is 43.9 Å². The van der Waals surface area contributed by atoms with E-state index in [1.54, 1.807) is 0 Å². The summed E-state index contributed by atoms with van der Waals surface area (Å²) in [4.78, 5) is 29.5. The van der Waals surface area contributed by atoms with Crippen LogP contribution in [0.25, 0.3) is 157 Å². The summed E-state index contributed by atoms with van der Waals surface area (Å²) in [6.07, 6.45) is 0. The van der Waals surface area contributed by atoms with E-state index in [1.807, 2.05) is 133 Å². The molecule has 8 heteroatoms. The van der Waals surface area contributed by atoms with Gasteiger partial charge in [-0.1, -0.05) is 292 Å². The molecule has 0 saturated carbocycles. The molecule has 472 valence electrons. The topological polar surface area (TPSA) is 104 Å². The van der Waals surface area contributed by atoms with Crippen molar-refractivity contribution in [2.75, 3.05) is 0 Å². The minimum Gasteiger partial charge on any atom is -0.456 e. The number of benzene rings is 12. The van der Waals surface area contributed by atoms with Gasteiger partial charge >= 0.3 is 0 Å². The summed E-state index contributed by atoms with van der Waals surface area (Å²) in [5.74, 6) is 3.93. The first kappa shape index (κ1) is 60.0. The second-order valence-electron chi connectivity index (χ2n) is 28.2. The van der Waals surface area contributed by atoms with Gasteiger partial charge in [0.2, 0.25) is 0 Å². The second-order valence-corrected chi connectivity index (χ2v) is 28.2. The molecular formula is C90H70N6O2. The van der Waals surface area contributed by atoms with Crippen LogP contribution in [-0.2, 0) is 21.7 Å².